The van der Waals surface area contributed by atoms with Gasteiger partial charge in [-0.05, 0) is 92.1 Å². The summed E-state index contributed by atoms with van der Waals surface area (Å²) in [6.45, 7) is 14.4. The van der Waals surface area contributed by atoms with Gasteiger partial charge < -0.3 is 14.8 Å². The summed E-state index contributed by atoms with van der Waals surface area (Å²) in [7, 11) is 1.70. The molecule has 0 saturated carbocycles. The standard InChI is InChI=1S/C25H35NO3/c1-9-23(29-20-11-10-16(4)17(5)12-20)25(27)26-19(7)22-14-21(15(2)3)24(28-8)13-18(22)6/h10-15,19,23H,9H2,1-8H3,(H,26,27)/t19-,23-/m1/s1. The van der Waals surface area contributed by atoms with E-state index in [1.165, 1.54) is 5.56 Å². The number of hydrogen-bond donors (Lipinski definition) is 1. The van der Waals surface area contributed by atoms with Crippen LogP contribution in [0, 0.1) is 20.8 Å². The van der Waals surface area contributed by atoms with Gasteiger partial charge in [0.1, 0.15) is 11.5 Å². The minimum Gasteiger partial charge on any atom is -0.496 e. The van der Waals surface area contributed by atoms with Crippen molar-refractivity contribution in [1.29, 1.82) is 0 Å². The molecule has 0 heterocycles. The molecule has 1 amide bonds. The molecule has 0 bridgehead atoms. The first-order valence-electron chi connectivity index (χ1n) is 10.4. The molecule has 2 atom stereocenters. The monoisotopic (exact) mass is 397 g/mol. The lowest BCUT2D eigenvalue weighted by Crippen LogP contribution is -2.39. The van der Waals surface area contributed by atoms with E-state index in [4.69, 9.17) is 9.47 Å². The van der Waals surface area contributed by atoms with Crippen molar-refractivity contribution in [3.8, 4) is 11.5 Å². The molecule has 0 aromatic heterocycles. The fourth-order valence-electron chi connectivity index (χ4n) is 3.47. The predicted molar refractivity (Wildman–Crippen MR) is 119 cm³/mol. The van der Waals surface area contributed by atoms with Crippen LogP contribution < -0.4 is 14.8 Å². The minimum atomic E-state index is -0.525. The third-order valence-electron chi connectivity index (χ3n) is 5.49. The SMILES string of the molecule is CC[C@@H](Oc1ccc(C)c(C)c1)C(=O)N[C@H](C)c1cc(C(C)C)c(OC)cc1C. The smallest absolute Gasteiger partial charge is 0.261 e. The molecule has 2 aromatic rings. The maximum Gasteiger partial charge on any atom is 0.261 e. The highest BCUT2D eigenvalue weighted by Crippen LogP contribution is 2.32. The molecule has 158 valence electrons. The number of rotatable bonds is 8. The quantitative estimate of drug-likeness (QED) is 0.614. The summed E-state index contributed by atoms with van der Waals surface area (Å²) >= 11 is 0. The molecule has 0 aliphatic rings. The van der Waals surface area contributed by atoms with E-state index in [9.17, 15) is 4.79 Å². The largest absolute Gasteiger partial charge is 0.496 e. The normalized spacial score (nSPS) is 13.1. The van der Waals surface area contributed by atoms with Crippen molar-refractivity contribution < 1.29 is 14.3 Å². The van der Waals surface area contributed by atoms with Crippen molar-refractivity contribution in [2.45, 2.75) is 73.0 Å². The number of hydrogen-bond acceptors (Lipinski definition) is 3. The lowest BCUT2D eigenvalue weighted by Gasteiger charge is -2.24. The molecule has 2 rings (SSSR count). The summed E-state index contributed by atoms with van der Waals surface area (Å²) < 4.78 is 11.5. The molecule has 0 aliphatic carbocycles. The number of amides is 1. The van der Waals surface area contributed by atoms with Gasteiger partial charge in [0.2, 0.25) is 0 Å². The van der Waals surface area contributed by atoms with E-state index in [0.29, 0.717) is 12.3 Å². The van der Waals surface area contributed by atoms with Crippen LogP contribution in [0.5, 0.6) is 11.5 Å². The molecule has 0 unspecified atom stereocenters. The number of methoxy groups -OCH3 is 1. The molecule has 29 heavy (non-hydrogen) atoms. The Balaban J connectivity index is 2.17. The second-order valence-electron chi connectivity index (χ2n) is 8.10. The summed E-state index contributed by atoms with van der Waals surface area (Å²) in [5.74, 6) is 1.86. The topological polar surface area (TPSA) is 47.6 Å². The van der Waals surface area contributed by atoms with Crippen LogP contribution in [0.25, 0.3) is 0 Å². The zero-order valence-corrected chi connectivity index (χ0v) is 19.1. The Labute approximate surface area is 175 Å². The highest BCUT2D eigenvalue weighted by molar-refractivity contribution is 5.81. The van der Waals surface area contributed by atoms with E-state index >= 15 is 0 Å². The maximum atomic E-state index is 12.9. The van der Waals surface area contributed by atoms with E-state index in [1.807, 2.05) is 45.9 Å². The Hall–Kier alpha value is -2.49. The van der Waals surface area contributed by atoms with Gasteiger partial charge in [-0.15, -0.1) is 0 Å². The van der Waals surface area contributed by atoms with E-state index in [1.54, 1.807) is 7.11 Å². The van der Waals surface area contributed by atoms with Gasteiger partial charge >= 0.3 is 0 Å². The maximum absolute atomic E-state index is 12.9. The summed E-state index contributed by atoms with van der Waals surface area (Å²) in [5, 5.41) is 3.13. The van der Waals surface area contributed by atoms with Gasteiger partial charge in [-0.3, -0.25) is 4.79 Å². The second-order valence-corrected chi connectivity index (χ2v) is 8.10. The van der Waals surface area contributed by atoms with Crippen molar-refractivity contribution in [2.24, 2.45) is 0 Å². The zero-order valence-electron chi connectivity index (χ0n) is 19.1. The third-order valence-corrected chi connectivity index (χ3v) is 5.49. The molecule has 0 aliphatic heterocycles. The van der Waals surface area contributed by atoms with Crippen LogP contribution >= 0.6 is 0 Å². The Morgan fingerprint density at radius 2 is 1.66 bits per heavy atom. The second kappa shape index (κ2) is 9.82. The highest BCUT2D eigenvalue weighted by Gasteiger charge is 2.22. The fourth-order valence-corrected chi connectivity index (χ4v) is 3.47. The lowest BCUT2D eigenvalue weighted by atomic mass is 9.93. The van der Waals surface area contributed by atoms with Crippen molar-refractivity contribution >= 4 is 5.91 Å². The molecule has 2 aromatic carbocycles. The molecule has 0 spiro atoms. The number of nitrogens with one attached hydrogen (secondary N) is 1. The van der Waals surface area contributed by atoms with Crippen LogP contribution in [0.4, 0.5) is 0 Å². The summed E-state index contributed by atoms with van der Waals surface area (Å²) in [4.78, 5) is 12.9. The first-order valence-corrected chi connectivity index (χ1v) is 10.4. The summed E-state index contributed by atoms with van der Waals surface area (Å²) in [6, 6.07) is 10.0. The van der Waals surface area contributed by atoms with E-state index < -0.39 is 6.10 Å². The Bertz CT molecular complexity index is 857. The molecule has 0 radical (unpaired) electrons. The number of aryl methyl sites for hydroxylation is 3. The Morgan fingerprint density at radius 1 is 0.966 bits per heavy atom. The van der Waals surface area contributed by atoms with Gasteiger partial charge in [-0.25, -0.2) is 0 Å². The Kier molecular flexibility index (Phi) is 7.72. The average molecular weight is 398 g/mol. The molecule has 4 heteroatoms. The number of ether oxygens (including phenoxy) is 2. The lowest BCUT2D eigenvalue weighted by molar-refractivity contribution is -0.128. The van der Waals surface area contributed by atoms with E-state index in [2.05, 4.69) is 38.2 Å². The number of carbonyl (C=O) groups excluding carboxylic acids is 1. The van der Waals surface area contributed by atoms with Gasteiger partial charge in [0.25, 0.3) is 5.91 Å². The first kappa shape index (κ1) is 22.8. The van der Waals surface area contributed by atoms with Crippen LogP contribution in [-0.2, 0) is 4.79 Å². The average Bonchev–Trinajstić information content (AvgIpc) is 2.67. The zero-order chi connectivity index (χ0) is 21.7. The highest BCUT2D eigenvalue weighted by atomic mass is 16.5. The van der Waals surface area contributed by atoms with Gasteiger partial charge in [0.15, 0.2) is 6.10 Å². The molecule has 4 nitrogen and oxygen atoms in total. The van der Waals surface area contributed by atoms with Crippen LogP contribution in [0.2, 0.25) is 0 Å². The van der Waals surface area contributed by atoms with Gasteiger partial charge in [-0.1, -0.05) is 26.8 Å². The summed E-state index contributed by atoms with van der Waals surface area (Å²) in [6.07, 6.45) is 0.0762. The van der Waals surface area contributed by atoms with Crippen LogP contribution in [0.15, 0.2) is 30.3 Å². The van der Waals surface area contributed by atoms with Gasteiger partial charge in [0.05, 0.1) is 13.2 Å². The van der Waals surface area contributed by atoms with Crippen LogP contribution in [0.3, 0.4) is 0 Å². The van der Waals surface area contributed by atoms with Gasteiger partial charge in [0, 0.05) is 0 Å². The van der Waals surface area contributed by atoms with Crippen LogP contribution in [0.1, 0.15) is 73.9 Å². The molecule has 0 fully saturated rings. The third kappa shape index (κ3) is 5.53. The van der Waals surface area contributed by atoms with Crippen LogP contribution in [-0.4, -0.2) is 19.1 Å². The number of benzene rings is 2. The van der Waals surface area contributed by atoms with Crippen molar-refractivity contribution in [3.63, 3.8) is 0 Å². The van der Waals surface area contributed by atoms with Gasteiger partial charge in [-0.2, -0.15) is 0 Å². The number of carbonyl (C=O) groups is 1. The van der Waals surface area contributed by atoms with Crippen molar-refractivity contribution in [3.05, 3.63) is 58.1 Å². The molecular weight excluding hydrogens is 362 g/mol. The van der Waals surface area contributed by atoms with E-state index in [0.717, 1.165) is 33.8 Å². The minimum absolute atomic E-state index is 0.0976. The molecular formula is C25H35NO3. The predicted octanol–water partition coefficient (Wildman–Crippen LogP) is 5.78. The Morgan fingerprint density at radius 3 is 2.21 bits per heavy atom. The van der Waals surface area contributed by atoms with E-state index in [-0.39, 0.29) is 11.9 Å². The van der Waals surface area contributed by atoms with Crippen molar-refractivity contribution in [2.75, 3.05) is 7.11 Å². The first-order chi connectivity index (χ1) is 13.7. The molecule has 1 N–H and O–H groups in total. The van der Waals surface area contributed by atoms with Crippen molar-refractivity contribution in [1.82, 2.24) is 5.32 Å². The fraction of sp³-hybridized carbons (Fsp3) is 0.480. The molecule has 0 saturated heterocycles. The summed E-state index contributed by atoms with van der Waals surface area (Å²) in [5.41, 5.74) is 5.71.